The predicted octanol–water partition coefficient (Wildman–Crippen LogP) is 1.49. The number of likely N-dealkylation sites (N-methyl/N-ethyl adjacent to an activating group) is 1. The van der Waals surface area contributed by atoms with E-state index < -0.39 is 0 Å². The van der Waals surface area contributed by atoms with Crippen LogP contribution in [-0.2, 0) is 4.74 Å². The number of nitrogens with zero attached hydrogens (tertiary/aromatic N) is 1. The Balaban J connectivity index is 1.81. The van der Waals surface area contributed by atoms with Crippen LogP contribution in [0.2, 0.25) is 0 Å². The van der Waals surface area contributed by atoms with Crippen molar-refractivity contribution in [1.29, 1.82) is 0 Å². The van der Waals surface area contributed by atoms with Gasteiger partial charge in [0.05, 0.1) is 13.2 Å². The molecular formula is C13H26N2O. The fraction of sp³-hybridized carbons (Fsp3) is 1.00. The molecule has 1 N–H and O–H groups in total. The molecule has 0 aromatic carbocycles. The molecule has 0 aromatic heterocycles. The summed E-state index contributed by atoms with van der Waals surface area (Å²) in [6, 6.07) is 1.48. The highest BCUT2D eigenvalue weighted by Crippen LogP contribution is 2.29. The van der Waals surface area contributed by atoms with E-state index in [1.54, 1.807) is 0 Å². The van der Waals surface area contributed by atoms with Crippen molar-refractivity contribution in [2.75, 3.05) is 32.8 Å². The smallest absolute Gasteiger partial charge is 0.0623 e. The van der Waals surface area contributed by atoms with Gasteiger partial charge in [-0.2, -0.15) is 0 Å². The molecule has 1 aliphatic carbocycles. The molecule has 2 aliphatic rings. The Labute approximate surface area is 99.5 Å². The molecule has 0 radical (unpaired) electrons. The van der Waals surface area contributed by atoms with Crippen molar-refractivity contribution < 1.29 is 4.74 Å². The summed E-state index contributed by atoms with van der Waals surface area (Å²) in [5.74, 6) is 0.701. The zero-order valence-corrected chi connectivity index (χ0v) is 10.7. The minimum absolute atomic E-state index is 0.586. The summed E-state index contributed by atoms with van der Waals surface area (Å²) >= 11 is 0. The summed E-state index contributed by atoms with van der Waals surface area (Å²) in [5.41, 5.74) is 0. The Morgan fingerprint density at radius 3 is 2.69 bits per heavy atom. The fourth-order valence-electron chi connectivity index (χ4n) is 2.72. The topological polar surface area (TPSA) is 24.5 Å². The van der Waals surface area contributed by atoms with E-state index in [0.717, 1.165) is 25.8 Å². The summed E-state index contributed by atoms with van der Waals surface area (Å²) < 4.78 is 5.61. The normalized spacial score (nSPS) is 30.2. The summed E-state index contributed by atoms with van der Waals surface area (Å²) in [6.45, 7) is 9.87. The van der Waals surface area contributed by atoms with E-state index in [1.165, 1.54) is 32.4 Å². The molecule has 0 bridgehead atoms. The van der Waals surface area contributed by atoms with Crippen molar-refractivity contribution in [1.82, 2.24) is 10.2 Å². The third-order valence-corrected chi connectivity index (χ3v) is 3.71. The minimum Gasteiger partial charge on any atom is -0.379 e. The molecule has 1 heterocycles. The van der Waals surface area contributed by atoms with E-state index in [-0.39, 0.29) is 0 Å². The first-order chi connectivity index (χ1) is 7.85. The van der Waals surface area contributed by atoms with E-state index in [0.29, 0.717) is 12.0 Å². The average molecular weight is 226 g/mol. The standard InChI is InChI=1S/C13H26N2O/c1-3-7-15(12-5-6-12)8-11-9-16-10-13(11)14-4-2/h11-14H,3-10H2,1-2H3. The Morgan fingerprint density at radius 1 is 1.25 bits per heavy atom. The SMILES string of the molecule is CCCN(CC1COCC1NCC)C1CC1. The van der Waals surface area contributed by atoms with Gasteiger partial charge in [0.15, 0.2) is 0 Å². The molecule has 2 unspecified atom stereocenters. The molecule has 1 aliphatic heterocycles. The lowest BCUT2D eigenvalue weighted by atomic mass is 10.0. The summed E-state index contributed by atoms with van der Waals surface area (Å²) in [7, 11) is 0. The molecule has 0 aromatic rings. The Kier molecular flexibility index (Phi) is 4.62. The number of hydrogen-bond acceptors (Lipinski definition) is 3. The quantitative estimate of drug-likeness (QED) is 0.712. The van der Waals surface area contributed by atoms with Crippen LogP contribution in [0.25, 0.3) is 0 Å². The van der Waals surface area contributed by atoms with Gasteiger partial charge in [-0.05, 0) is 32.4 Å². The highest BCUT2D eigenvalue weighted by atomic mass is 16.5. The molecule has 94 valence electrons. The van der Waals surface area contributed by atoms with Crippen LogP contribution in [-0.4, -0.2) is 49.8 Å². The van der Waals surface area contributed by atoms with E-state index >= 15 is 0 Å². The van der Waals surface area contributed by atoms with Gasteiger partial charge in [-0.15, -0.1) is 0 Å². The molecule has 0 amide bonds. The monoisotopic (exact) mass is 226 g/mol. The molecule has 3 heteroatoms. The zero-order chi connectivity index (χ0) is 11.4. The molecule has 2 atom stereocenters. The van der Waals surface area contributed by atoms with Gasteiger partial charge in [0, 0.05) is 24.5 Å². The average Bonchev–Trinajstić information content (AvgIpc) is 3.03. The first kappa shape index (κ1) is 12.3. The molecule has 0 spiro atoms. The molecule has 2 rings (SSSR count). The maximum Gasteiger partial charge on any atom is 0.0623 e. The van der Waals surface area contributed by atoms with Crippen LogP contribution in [0.1, 0.15) is 33.1 Å². The lowest BCUT2D eigenvalue weighted by Gasteiger charge is -2.27. The van der Waals surface area contributed by atoms with Gasteiger partial charge in [-0.3, -0.25) is 4.90 Å². The van der Waals surface area contributed by atoms with Gasteiger partial charge >= 0.3 is 0 Å². The second-order valence-corrected chi connectivity index (χ2v) is 5.19. The molecule has 1 saturated heterocycles. The third-order valence-electron chi connectivity index (χ3n) is 3.71. The first-order valence-electron chi connectivity index (χ1n) is 6.90. The number of ether oxygens (including phenoxy) is 1. The van der Waals surface area contributed by atoms with Crippen LogP contribution < -0.4 is 5.32 Å². The van der Waals surface area contributed by atoms with Gasteiger partial charge in [-0.1, -0.05) is 13.8 Å². The summed E-state index contributed by atoms with van der Waals surface area (Å²) in [6.07, 6.45) is 4.11. The van der Waals surface area contributed by atoms with Crippen molar-refractivity contribution in [3.63, 3.8) is 0 Å². The molecule has 16 heavy (non-hydrogen) atoms. The van der Waals surface area contributed by atoms with Gasteiger partial charge in [0.2, 0.25) is 0 Å². The number of nitrogens with one attached hydrogen (secondary N) is 1. The van der Waals surface area contributed by atoms with Crippen molar-refractivity contribution >= 4 is 0 Å². The van der Waals surface area contributed by atoms with Crippen LogP contribution in [0.5, 0.6) is 0 Å². The van der Waals surface area contributed by atoms with Crippen LogP contribution in [0.3, 0.4) is 0 Å². The highest BCUT2D eigenvalue weighted by Gasteiger charge is 2.34. The maximum atomic E-state index is 5.61. The van der Waals surface area contributed by atoms with E-state index in [1.807, 2.05) is 0 Å². The fourth-order valence-corrected chi connectivity index (χ4v) is 2.72. The van der Waals surface area contributed by atoms with E-state index in [4.69, 9.17) is 4.74 Å². The largest absolute Gasteiger partial charge is 0.379 e. The van der Waals surface area contributed by atoms with Gasteiger partial charge < -0.3 is 10.1 Å². The highest BCUT2D eigenvalue weighted by molar-refractivity contribution is 4.89. The maximum absolute atomic E-state index is 5.61. The van der Waals surface area contributed by atoms with Crippen molar-refractivity contribution in [3.8, 4) is 0 Å². The summed E-state index contributed by atoms with van der Waals surface area (Å²) in [4.78, 5) is 2.68. The second kappa shape index (κ2) is 5.99. The van der Waals surface area contributed by atoms with Crippen LogP contribution in [0, 0.1) is 5.92 Å². The molecular weight excluding hydrogens is 200 g/mol. The molecule has 2 fully saturated rings. The third kappa shape index (κ3) is 3.19. The Bertz CT molecular complexity index is 206. The Morgan fingerprint density at radius 2 is 2.06 bits per heavy atom. The van der Waals surface area contributed by atoms with Crippen LogP contribution >= 0.6 is 0 Å². The van der Waals surface area contributed by atoms with Gasteiger partial charge in [-0.25, -0.2) is 0 Å². The van der Waals surface area contributed by atoms with Crippen molar-refractivity contribution in [3.05, 3.63) is 0 Å². The second-order valence-electron chi connectivity index (χ2n) is 5.19. The predicted molar refractivity (Wildman–Crippen MR) is 66.7 cm³/mol. The zero-order valence-electron chi connectivity index (χ0n) is 10.7. The van der Waals surface area contributed by atoms with Gasteiger partial charge in [0.25, 0.3) is 0 Å². The van der Waals surface area contributed by atoms with Crippen LogP contribution in [0.4, 0.5) is 0 Å². The summed E-state index contributed by atoms with van der Waals surface area (Å²) in [5, 5.41) is 3.55. The van der Waals surface area contributed by atoms with E-state index in [2.05, 4.69) is 24.1 Å². The van der Waals surface area contributed by atoms with Gasteiger partial charge in [0.1, 0.15) is 0 Å². The van der Waals surface area contributed by atoms with E-state index in [9.17, 15) is 0 Å². The number of hydrogen-bond donors (Lipinski definition) is 1. The Hall–Kier alpha value is -0.120. The lowest BCUT2D eigenvalue weighted by Crippen LogP contribution is -2.42. The molecule has 3 nitrogen and oxygen atoms in total. The van der Waals surface area contributed by atoms with Crippen LogP contribution in [0.15, 0.2) is 0 Å². The first-order valence-corrected chi connectivity index (χ1v) is 6.90. The number of rotatable bonds is 7. The molecule has 1 saturated carbocycles. The van der Waals surface area contributed by atoms with Crippen molar-refractivity contribution in [2.24, 2.45) is 5.92 Å². The minimum atomic E-state index is 0.586. The lowest BCUT2D eigenvalue weighted by molar-refractivity contribution is 0.164. The van der Waals surface area contributed by atoms with Crippen molar-refractivity contribution in [2.45, 2.75) is 45.2 Å².